The quantitative estimate of drug-likeness (QED) is 0.855. The number of nitrogens with one attached hydrogen (secondary N) is 2. The second-order valence-electron chi connectivity index (χ2n) is 8.15. The van der Waals surface area contributed by atoms with E-state index in [-0.39, 0.29) is 11.8 Å². The van der Waals surface area contributed by atoms with Crippen molar-refractivity contribution >= 4 is 5.91 Å². The van der Waals surface area contributed by atoms with Gasteiger partial charge in [0.2, 0.25) is 0 Å². The molecular weight excluding hydrogens is 350 g/mol. The normalized spacial score (nSPS) is 23.3. The number of hydrogen-bond donors (Lipinski definition) is 2. The Morgan fingerprint density at radius 3 is 2.61 bits per heavy atom. The van der Waals surface area contributed by atoms with E-state index < -0.39 is 0 Å². The molecule has 0 bridgehead atoms. The predicted molar refractivity (Wildman–Crippen MR) is 109 cm³/mol. The highest BCUT2D eigenvalue weighted by atomic mass is 16.2. The third kappa shape index (κ3) is 3.93. The van der Waals surface area contributed by atoms with E-state index in [4.69, 9.17) is 0 Å². The summed E-state index contributed by atoms with van der Waals surface area (Å²) < 4.78 is 0. The van der Waals surface area contributed by atoms with Crippen LogP contribution in [-0.4, -0.2) is 46.5 Å². The van der Waals surface area contributed by atoms with Gasteiger partial charge in [-0.05, 0) is 30.4 Å². The molecule has 0 radical (unpaired) electrons. The van der Waals surface area contributed by atoms with Gasteiger partial charge in [-0.2, -0.15) is 0 Å². The molecule has 0 spiro atoms. The van der Waals surface area contributed by atoms with E-state index in [0.29, 0.717) is 23.6 Å². The maximum atomic E-state index is 12.9. The van der Waals surface area contributed by atoms with Crippen molar-refractivity contribution in [3.63, 3.8) is 0 Å². The lowest BCUT2D eigenvalue weighted by atomic mass is 9.80. The van der Waals surface area contributed by atoms with Crippen molar-refractivity contribution < 1.29 is 4.79 Å². The lowest BCUT2D eigenvalue weighted by Crippen LogP contribution is -2.46. The lowest BCUT2D eigenvalue weighted by Gasteiger charge is -2.36. The molecule has 2 saturated heterocycles. The Hall–Kier alpha value is -2.31. The van der Waals surface area contributed by atoms with Gasteiger partial charge in [-0.15, -0.1) is 0 Å². The van der Waals surface area contributed by atoms with Crippen LogP contribution in [0.5, 0.6) is 0 Å². The maximum Gasteiger partial charge on any atom is 0.272 e. The largest absolute Gasteiger partial charge is 0.337 e. The van der Waals surface area contributed by atoms with Gasteiger partial charge in [0, 0.05) is 43.7 Å². The van der Waals surface area contributed by atoms with E-state index in [1.165, 1.54) is 5.56 Å². The number of hydrogen-bond acceptors (Lipinski definition) is 5. The average molecular weight is 380 g/mol. The monoisotopic (exact) mass is 379 g/mol. The molecule has 2 unspecified atom stereocenters. The van der Waals surface area contributed by atoms with Crippen molar-refractivity contribution in [2.45, 2.75) is 44.6 Å². The summed E-state index contributed by atoms with van der Waals surface area (Å²) in [6.07, 6.45) is 3.72. The SMILES string of the molecule is CC(C)c1nccc(C(=O)N2CCC(C3NNCC3c3ccccc3)CC2)n1. The number of piperidine rings is 1. The van der Waals surface area contributed by atoms with Gasteiger partial charge in [-0.1, -0.05) is 44.2 Å². The van der Waals surface area contributed by atoms with Crippen LogP contribution in [0.2, 0.25) is 0 Å². The van der Waals surface area contributed by atoms with Gasteiger partial charge < -0.3 is 4.90 Å². The lowest BCUT2D eigenvalue weighted by molar-refractivity contribution is 0.0663. The summed E-state index contributed by atoms with van der Waals surface area (Å²) in [5.41, 5.74) is 8.74. The van der Waals surface area contributed by atoms with Gasteiger partial charge in [0.25, 0.3) is 5.91 Å². The van der Waals surface area contributed by atoms with Crippen LogP contribution >= 0.6 is 0 Å². The minimum atomic E-state index is 0.0277. The number of amides is 1. The molecule has 2 aromatic rings. The fourth-order valence-corrected chi connectivity index (χ4v) is 4.38. The van der Waals surface area contributed by atoms with Crippen LogP contribution in [0.4, 0.5) is 0 Å². The molecule has 6 nitrogen and oxygen atoms in total. The third-order valence-electron chi connectivity index (χ3n) is 6.00. The van der Waals surface area contributed by atoms with Crippen molar-refractivity contribution in [2.24, 2.45) is 5.92 Å². The Morgan fingerprint density at radius 2 is 1.89 bits per heavy atom. The van der Waals surface area contributed by atoms with Crippen molar-refractivity contribution in [1.29, 1.82) is 0 Å². The Balaban J connectivity index is 1.39. The van der Waals surface area contributed by atoms with E-state index in [1.807, 2.05) is 18.7 Å². The van der Waals surface area contributed by atoms with Crippen molar-refractivity contribution in [1.82, 2.24) is 25.7 Å². The summed E-state index contributed by atoms with van der Waals surface area (Å²) in [6.45, 7) is 6.60. The smallest absolute Gasteiger partial charge is 0.272 e. The number of carbonyl (C=O) groups excluding carboxylic acids is 1. The van der Waals surface area contributed by atoms with Crippen LogP contribution in [-0.2, 0) is 0 Å². The van der Waals surface area contributed by atoms with Gasteiger partial charge in [-0.25, -0.2) is 9.97 Å². The van der Waals surface area contributed by atoms with Crippen LogP contribution in [0.3, 0.4) is 0 Å². The van der Waals surface area contributed by atoms with Gasteiger partial charge in [0.15, 0.2) is 0 Å². The molecule has 2 fully saturated rings. The van der Waals surface area contributed by atoms with Gasteiger partial charge in [0.1, 0.15) is 11.5 Å². The summed E-state index contributed by atoms with van der Waals surface area (Å²) in [7, 11) is 0. The van der Waals surface area contributed by atoms with Crippen LogP contribution in [0.25, 0.3) is 0 Å². The van der Waals surface area contributed by atoms with Gasteiger partial charge in [0.05, 0.1) is 0 Å². The Morgan fingerprint density at radius 1 is 1.14 bits per heavy atom. The minimum Gasteiger partial charge on any atom is -0.337 e. The van der Waals surface area contributed by atoms with E-state index in [2.05, 4.69) is 51.2 Å². The molecule has 1 aromatic carbocycles. The van der Waals surface area contributed by atoms with Gasteiger partial charge in [-0.3, -0.25) is 15.6 Å². The van der Waals surface area contributed by atoms with Crippen molar-refractivity contribution in [2.75, 3.05) is 19.6 Å². The molecule has 3 heterocycles. The number of hydrazine groups is 1. The van der Waals surface area contributed by atoms with Crippen LogP contribution in [0.1, 0.15) is 60.4 Å². The van der Waals surface area contributed by atoms with E-state index in [1.54, 1.807) is 12.3 Å². The third-order valence-corrected chi connectivity index (χ3v) is 6.00. The molecule has 2 atom stereocenters. The highest BCUT2D eigenvalue weighted by Crippen LogP contribution is 2.32. The molecule has 2 N–H and O–H groups in total. The molecule has 2 aliphatic rings. The molecule has 1 aromatic heterocycles. The summed E-state index contributed by atoms with van der Waals surface area (Å²) in [5, 5.41) is 0. The summed E-state index contributed by atoms with van der Waals surface area (Å²) in [5.74, 6) is 2.01. The maximum absolute atomic E-state index is 12.9. The van der Waals surface area contributed by atoms with Crippen LogP contribution in [0, 0.1) is 5.92 Å². The average Bonchev–Trinajstić information content (AvgIpc) is 3.24. The van der Waals surface area contributed by atoms with E-state index in [9.17, 15) is 4.79 Å². The highest BCUT2D eigenvalue weighted by molar-refractivity contribution is 5.92. The zero-order chi connectivity index (χ0) is 19.5. The highest BCUT2D eigenvalue weighted by Gasteiger charge is 2.37. The summed E-state index contributed by atoms with van der Waals surface area (Å²) in [4.78, 5) is 23.6. The van der Waals surface area contributed by atoms with Crippen LogP contribution in [0.15, 0.2) is 42.6 Å². The number of benzene rings is 1. The number of carbonyl (C=O) groups is 1. The van der Waals surface area contributed by atoms with Crippen molar-refractivity contribution in [3.05, 3.63) is 59.7 Å². The Bertz CT molecular complexity index is 802. The van der Waals surface area contributed by atoms with Crippen molar-refractivity contribution in [3.8, 4) is 0 Å². The number of likely N-dealkylation sites (tertiary alicyclic amines) is 1. The fraction of sp³-hybridized carbons (Fsp3) is 0.500. The zero-order valence-electron chi connectivity index (χ0n) is 16.6. The molecule has 0 saturated carbocycles. The molecule has 148 valence electrons. The topological polar surface area (TPSA) is 70.2 Å². The summed E-state index contributed by atoms with van der Waals surface area (Å²) >= 11 is 0. The first kappa shape index (κ1) is 19.0. The molecule has 6 heteroatoms. The molecular formula is C22H29N5O. The van der Waals surface area contributed by atoms with Gasteiger partial charge >= 0.3 is 0 Å². The van der Waals surface area contributed by atoms with E-state index >= 15 is 0 Å². The first-order valence-electron chi connectivity index (χ1n) is 10.3. The molecule has 4 rings (SSSR count). The zero-order valence-corrected chi connectivity index (χ0v) is 16.6. The fourth-order valence-electron chi connectivity index (χ4n) is 4.38. The molecule has 28 heavy (non-hydrogen) atoms. The Kier molecular flexibility index (Phi) is 5.69. The first-order chi connectivity index (χ1) is 13.6. The number of rotatable bonds is 4. The molecule has 0 aliphatic carbocycles. The molecule has 2 aliphatic heterocycles. The van der Waals surface area contributed by atoms with E-state index in [0.717, 1.165) is 38.3 Å². The standard InChI is InChI=1S/C22H29N5O/c1-15(2)21-23-11-8-19(25-21)22(28)27-12-9-17(10-13-27)20-18(14-24-26-20)16-6-4-3-5-7-16/h3-8,11,15,17-18,20,24,26H,9-10,12-14H2,1-2H3. The Labute approximate surface area is 166 Å². The second kappa shape index (κ2) is 8.37. The predicted octanol–water partition coefficient (Wildman–Crippen LogP) is 2.71. The van der Waals surface area contributed by atoms with Crippen LogP contribution < -0.4 is 10.9 Å². The minimum absolute atomic E-state index is 0.0277. The number of nitrogens with zero attached hydrogens (tertiary/aromatic N) is 3. The first-order valence-corrected chi connectivity index (χ1v) is 10.3. The summed E-state index contributed by atoms with van der Waals surface area (Å²) in [6, 6.07) is 12.9. The second-order valence-corrected chi connectivity index (χ2v) is 8.15. The number of aromatic nitrogens is 2. The molecule has 1 amide bonds.